The van der Waals surface area contributed by atoms with E-state index in [1.165, 1.54) is 45.4 Å². The summed E-state index contributed by atoms with van der Waals surface area (Å²) in [7, 11) is 2.65. The molecule has 15 nitrogen and oxygen atoms in total. The van der Waals surface area contributed by atoms with E-state index in [4.69, 9.17) is 28.4 Å². The Kier molecular flexibility index (Phi) is 10.7. The normalized spacial score (nSPS) is 32.4. The van der Waals surface area contributed by atoms with E-state index in [9.17, 15) is 45.6 Å². The van der Waals surface area contributed by atoms with Crippen molar-refractivity contribution in [3.8, 4) is 28.7 Å². The molecule has 44 heavy (non-hydrogen) atoms. The molecule has 10 atom stereocenters. The van der Waals surface area contributed by atoms with Crippen LogP contribution in [0, 0.1) is 0 Å². The minimum Gasteiger partial charge on any atom is -0.507 e. The van der Waals surface area contributed by atoms with Crippen molar-refractivity contribution in [3.63, 3.8) is 0 Å². The predicted octanol–water partition coefficient (Wildman–Crippen LogP) is -0.958. The summed E-state index contributed by atoms with van der Waals surface area (Å²) in [4.78, 5) is 12.9. The van der Waals surface area contributed by atoms with E-state index in [-0.39, 0.29) is 28.6 Å². The van der Waals surface area contributed by atoms with Crippen molar-refractivity contribution in [2.45, 2.75) is 68.3 Å². The molecule has 0 unspecified atom stereocenters. The van der Waals surface area contributed by atoms with Crippen LogP contribution in [0.5, 0.6) is 28.7 Å². The van der Waals surface area contributed by atoms with Gasteiger partial charge < -0.3 is 69.3 Å². The Bertz CT molecular complexity index is 1330. The van der Waals surface area contributed by atoms with Gasteiger partial charge in [-0.1, -0.05) is 12.1 Å². The summed E-state index contributed by atoms with van der Waals surface area (Å²) in [5.74, 6) is -1.31. The molecule has 242 valence electrons. The highest BCUT2D eigenvalue weighted by molar-refractivity contribution is 6.10. The first-order valence-corrected chi connectivity index (χ1v) is 13.5. The van der Waals surface area contributed by atoms with Gasteiger partial charge in [-0.25, -0.2) is 0 Å². The lowest BCUT2D eigenvalue weighted by atomic mass is 9.98. The number of phenolic OH excluding ortho intramolecular Hbond substituents is 2. The fourth-order valence-corrected chi connectivity index (χ4v) is 4.75. The van der Waals surface area contributed by atoms with E-state index in [0.717, 1.165) is 12.1 Å². The molecular formula is C29H36O15. The largest absolute Gasteiger partial charge is 0.507 e. The monoisotopic (exact) mass is 624 g/mol. The average molecular weight is 625 g/mol. The molecule has 15 heteroatoms. The van der Waals surface area contributed by atoms with Crippen LogP contribution in [0.2, 0.25) is 0 Å². The lowest BCUT2D eigenvalue weighted by molar-refractivity contribution is -0.318. The lowest BCUT2D eigenvalue weighted by Crippen LogP contribution is -2.61. The number of carbonyl (C=O) groups excluding carboxylic acids is 1. The van der Waals surface area contributed by atoms with Crippen molar-refractivity contribution in [1.29, 1.82) is 0 Å². The average Bonchev–Trinajstić information content (AvgIpc) is 3.00. The van der Waals surface area contributed by atoms with Crippen molar-refractivity contribution in [2.75, 3.05) is 20.8 Å². The fraction of sp³-hybridized carbons (Fsp3) is 0.483. The Morgan fingerprint density at radius 1 is 0.795 bits per heavy atom. The van der Waals surface area contributed by atoms with Gasteiger partial charge in [0.25, 0.3) is 0 Å². The number of benzene rings is 2. The van der Waals surface area contributed by atoms with Crippen molar-refractivity contribution in [1.82, 2.24) is 0 Å². The minimum absolute atomic E-state index is 0.101. The number of allylic oxidation sites excluding steroid dienone is 1. The standard InChI is InChI=1S/C29H36O15/c1-12-22(33)24(35)26(37)28(42-12)41-11-20-23(34)25(36)27(38)29(44-20)43-14-9-17(32)21(19(10-14)40-3)15(30)6-4-13-5-7-18(39-2)16(31)8-13/h4-10,12,20,22-29,31-38H,11H2,1-3H3/b6-4+/t12-,20+,22-,23+,24+,25-,26+,27+,28+,29+/m1/s1. The molecule has 2 saturated heterocycles. The number of ketones is 1. The highest BCUT2D eigenvalue weighted by Crippen LogP contribution is 2.36. The molecule has 4 rings (SSSR count). The second-order valence-corrected chi connectivity index (χ2v) is 10.3. The molecule has 2 aliphatic rings. The third-order valence-electron chi connectivity index (χ3n) is 7.31. The van der Waals surface area contributed by atoms with Gasteiger partial charge in [-0.3, -0.25) is 4.79 Å². The minimum atomic E-state index is -1.77. The van der Waals surface area contributed by atoms with Crippen LogP contribution in [-0.2, 0) is 14.2 Å². The van der Waals surface area contributed by atoms with Crippen LogP contribution in [0.4, 0.5) is 0 Å². The van der Waals surface area contributed by atoms with Gasteiger partial charge in [-0.15, -0.1) is 0 Å². The third-order valence-corrected chi connectivity index (χ3v) is 7.31. The number of phenols is 2. The van der Waals surface area contributed by atoms with Crippen LogP contribution in [0.25, 0.3) is 6.08 Å². The first kappa shape index (κ1) is 33.4. The Labute approximate surface area is 251 Å². The molecule has 2 aromatic carbocycles. The zero-order chi connectivity index (χ0) is 32.3. The molecule has 0 aliphatic carbocycles. The molecule has 2 heterocycles. The van der Waals surface area contributed by atoms with Gasteiger partial charge >= 0.3 is 0 Å². The highest BCUT2D eigenvalue weighted by Gasteiger charge is 2.47. The van der Waals surface area contributed by atoms with Crippen LogP contribution in [0.1, 0.15) is 22.8 Å². The molecule has 0 amide bonds. The summed E-state index contributed by atoms with van der Waals surface area (Å²) in [5, 5.41) is 82.0. The zero-order valence-corrected chi connectivity index (χ0v) is 24.0. The molecule has 0 bridgehead atoms. The Hall–Kier alpha value is -3.51. The Morgan fingerprint density at radius 3 is 2.11 bits per heavy atom. The Balaban J connectivity index is 1.46. The van der Waals surface area contributed by atoms with E-state index in [2.05, 4.69) is 0 Å². The van der Waals surface area contributed by atoms with Crippen LogP contribution in [0.15, 0.2) is 36.4 Å². The zero-order valence-electron chi connectivity index (χ0n) is 24.0. The number of aliphatic hydroxyl groups excluding tert-OH is 6. The first-order chi connectivity index (χ1) is 20.9. The molecule has 0 saturated carbocycles. The molecule has 0 radical (unpaired) electrons. The highest BCUT2D eigenvalue weighted by atomic mass is 16.7. The quantitative estimate of drug-likeness (QED) is 0.117. The van der Waals surface area contributed by atoms with Gasteiger partial charge in [-0.2, -0.15) is 0 Å². The van der Waals surface area contributed by atoms with E-state index in [1.54, 1.807) is 6.07 Å². The van der Waals surface area contributed by atoms with Crippen molar-refractivity contribution < 1.29 is 74.1 Å². The maximum absolute atomic E-state index is 12.9. The number of rotatable bonds is 10. The second-order valence-electron chi connectivity index (χ2n) is 10.3. The van der Waals surface area contributed by atoms with Gasteiger partial charge in [0.1, 0.15) is 65.5 Å². The summed E-state index contributed by atoms with van der Waals surface area (Å²) < 4.78 is 32.3. The molecule has 2 aromatic rings. The number of hydrogen-bond donors (Lipinski definition) is 8. The fourth-order valence-electron chi connectivity index (χ4n) is 4.75. The Morgan fingerprint density at radius 2 is 1.45 bits per heavy atom. The van der Waals surface area contributed by atoms with Crippen LogP contribution >= 0.6 is 0 Å². The topological polar surface area (TPSA) is 234 Å². The number of aliphatic hydroxyl groups is 6. The number of methoxy groups -OCH3 is 2. The van der Waals surface area contributed by atoms with Gasteiger partial charge in [0, 0.05) is 12.1 Å². The predicted molar refractivity (Wildman–Crippen MR) is 148 cm³/mol. The molecule has 0 aromatic heterocycles. The van der Waals surface area contributed by atoms with Crippen molar-refractivity contribution in [3.05, 3.63) is 47.5 Å². The van der Waals surface area contributed by atoms with Gasteiger partial charge in [0.2, 0.25) is 6.29 Å². The van der Waals surface area contributed by atoms with Crippen molar-refractivity contribution >= 4 is 11.9 Å². The lowest BCUT2D eigenvalue weighted by Gasteiger charge is -2.42. The summed E-state index contributed by atoms with van der Waals surface area (Å²) in [6, 6.07) is 6.80. The van der Waals surface area contributed by atoms with E-state index in [0.29, 0.717) is 5.56 Å². The van der Waals surface area contributed by atoms with E-state index in [1.807, 2.05) is 0 Å². The van der Waals surface area contributed by atoms with Gasteiger partial charge in [0.05, 0.1) is 26.9 Å². The van der Waals surface area contributed by atoms with Gasteiger partial charge in [-0.05, 0) is 30.7 Å². The van der Waals surface area contributed by atoms with Crippen molar-refractivity contribution in [2.24, 2.45) is 0 Å². The second kappa shape index (κ2) is 14.1. The summed E-state index contributed by atoms with van der Waals surface area (Å²) in [5.41, 5.74) is 0.263. The molecular weight excluding hydrogens is 588 g/mol. The SMILES string of the molecule is COc1ccc(/C=C/C(=O)c2c(O)cc(O[C@H]3O[C@@H](CO[C@H]4O[C@H](C)[C@@H](O)[C@H](O)[C@@H]4O)[C@H](O)[C@@H](O)[C@@H]3O)cc2OC)cc1O. The summed E-state index contributed by atoms with van der Waals surface area (Å²) in [6.07, 6.45) is -12.4. The maximum atomic E-state index is 12.9. The number of carbonyl (C=O) groups is 1. The van der Waals surface area contributed by atoms with Crippen LogP contribution in [0.3, 0.4) is 0 Å². The summed E-state index contributed by atoms with van der Waals surface area (Å²) in [6.45, 7) is 0.958. The van der Waals surface area contributed by atoms with Gasteiger partial charge in [0.15, 0.2) is 23.6 Å². The smallest absolute Gasteiger partial charge is 0.229 e. The number of ether oxygens (including phenoxy) is 6. The van der Waals surface area contributed by atoms with E-state index < -0.39 is 79.6 Å². The summed E-state index contributed by atoms with van der Waals surface area (Å²) >= 11 is 0. The molecule has 0 spiro atoms. The molecule has 8 N–H and O–H groups in total. The molecule has 2 fully saturated rings. The first-order valence-electron chi connectivity index (χ1n) is 13.5. The number of hydrogen-bond acceptors (Lipinski definition) is 15. The van der Waals surface area contributed by atoms with Crippen LogP contribution in [-0.4, -0.2) is 129 Å². The number of aromatic hydroxyl groups is 2. The third kappa shape index (κ3) is 7.07. The van der Waals surface area contributed by atoms with E-state index >= 15 is 0 Å². The maximum Gasteiger partial charge on any atom is 0.229 e. The van der Waals surface area contributed by atoms with Crippen LogP contribution < -0.4 is 14.2 Å². The molecule has 2 aliphatic heterocycles.